The van der Waals surface area contributed by atoms with Gasteiger partial charge in [-0.3, -0.25) is 4.79 Å². The Morgan fingerprint density at radius 2 is 0.846 bits per heavy atom. The highest BCUT2D eigenvalue weighted by Crippen LogP contribution is 2.22. The van der Waals surface area contributed by atoms with Gasteiger partial charge in [-0.1, -0.05) is 186 Å². The van der Waals surface area contributed by atoms with Gasteiger partial charge < -0.3 is 4.74 Å². The zero-order chi connectivity index (χ0) is 28.1. The van der Waals surface area contributed by atoms with E-state index in [4.69, 9.17) is 4.74 Å². The molecule has 226 valence electrons. The van der Waals surface area contributed by atoms with Crippen LogP contribution in [-0.2, 0) is 11.2 Å². The largest absolute Gasteiger partial charge is 0.426 e. The summed E-state index contributed by atoms with van der Waals surface area (Å²) in [5.74, 6) is 0.728. The van der Waals surface area contributed by atoms with Crippen LogP contribution in [0.3, 0.4) is 0 Å². The molecule has 0 aromatic heterocycles. The van der Waals surface area contributed by atoms with Crippen LogP contribution in [0.2, 0.25) is 0 Å². The molecular formula is C37H66O2. The quantitative estimate of drug-likeness (QED) is 0.0571. The molecule has 0 aliphatic heterocycles. The number of hydrogen-bond acceptors (Lipinski definition) is 2. The molecule has 0 saturated heterocycles. The molecular weight excluding hydrogens is 476 g/mol. The first-order chi connectivity index (χ1) is 19.3. The molecule has 1 aromatic rings. The smallest absolute Gasteiger partial charge is 0.311 e. The first-order valence-electron chi connectivity index (χ1n) is 17.6. The van der Waals surface area contributed by atoms with Gasteiger partial charge in [-0.15, -0.1) is 0 Å². The van der Waals surface area contributed by atoms with Crippen molar-refractivity contribution in [3.63, 3.8) is 0 Å². The van der Waals surface area contributed by atoms with Crippen LogP contribution >= 0.6 is 0 Å². The van der Waals surface area contributed by atoms with E-state index in [0.717, 1.165) is 25.0 Å². The Hall–Kier alpha value is -1.31. The predicted molar refractivity (Wildman–Crippen MR) is 172 cm³/mol. The van der Waals surface area contributed by atoms with Crippen LogP contribution in [0, 0.1) is 0 Å². The molecule has 0 aliphatic rings. The molecule has 0 N–H and O–H groups in total. The number of carbonyl (C=O) groups is 1. The summed E-state index contributed by atoms with van der Waals surface area (Å²) in [4.78, 5) is 12.4. The van der Waals surface area contributed by atoms with Crippen LogP contribution in [0.1, 0.15) is 193 Å². The van der Waals surface area contributed by atoms with Crippen molar-refractivity contribution in [3.05, 3.63) is 29.8 Å². The lowest BCUT2D eigenvalue weighted by Crippen LogP contribution is -2.09. The van der Waals surface area contributed by atoms with Crippen molar-refractivity contribution in [2.45, 2.75) is 194 Å². The van der Waals surface area contributed by atoms with Gasteiger partial charge >= 0.3 is 5.97 Å². The van der Waals surface area contributed by atoms with E-state index in [-0.39, 0.29) is 5.97 Å². The maximum Gasteiger partial charge on any atom is 0.311 e. The molecule has 39 heavy (non-hydrogen) atoms. The number of hydrogen-bond donors (Lipinski definition) is 0. The van der Waals surface area contributed by atoms with E-state index in [9.17, 15) is 4.79 Å². The molecule has 0 spiro atoms. The topological polar surface area (TPSA) is 26.3 Å². The average molecular weight is 543 g/mol. The lowest BCUT2D eigenvalue weighted by Gasteiger charge is -2.10. The molecule has 1 aromatic carbocycles. The molecule has 0 heterocycles. The van der Waals surface area contributed by atoms with Gasteiger partial charge in [-0.25, -0.2) is 0 Å². The molecule has 0 atom stereocenters. The Morgan fingerprint density at radius 3 is 1.28 bits per heavy atom. The van der Waals surface area contributed by atoms with Crippen LogP contribution in [0.5, 0.6) is 5.75 Å². The molecule has 0 amide bonds. The third kappa shape index (κ3) is 23.1. The molecule has 0 unspecified atom stereocenters. The minimum Gasteiger partial charge on any atom is -0.426 e. The summed E-state index contributed by atoms with van der Waals surface area (Å²) in [6, 6.07) is 8.16. The van der Waals surface area contributed by atoms with Crippen LogP contribution in [0.15, 0.2) is 24.3 Å². The van der Waals surface area contributed by atoms with Crippen molar-refractivity contribution < 1.29 is 9.53 Å². The summed E-state index contributed by atoms with van der Waals surface area (Å²) < 4.78 is 5.78. The van der Waals surface area contributed by atoms with E-state index in [1.807, 2.05) is 12.1 Å². The molecule has 0 bridgehead atoms. The van der Waals surface area contributed by atoms with Gasteiger partial charge in [-0.05, 0) is 30.9 Å². The molecule has 0 fully saturated rings. The predicted octanol–water partition coefficient (Wildman–Crippen LogP) is 12.7. The molecule has 2 nitrogen and oxygen atoms in total. The van der Waals surface area contributed by atoms with Crippen molar-refractivity contribution in [1.82, 2.24) is 0 Å². The molecule has 0 saturated carbocycles. The number of rotatable bonds is 29. The Kier molecular flexibility index (Phi) is 25.9. The lowest BCUT2D eigenvalue weighted by atomic mass is 10.0. The fourth-order valence-electron chi connectivity index (χ4n) is 5.60. The highest BCUT2D eigenvalue weighted by Gasteiger charge is 2.09. The Labute approximate surface area is 244 Å². The summed E-state index contributed by atoms with van der Waals surface area (Å²) in [5.41, 5.74) is 1.19. The fraction of sp³-hybridized carbons (Fsp3) is 0.811. The third-order valence-corrected chi connectivity index (χ3v) is 8.23. The molecule has 0 radical (unpaired) electrons. The Balaban J connectivity index is 1.98. The minimum absolute atomic E-state index is 0.0592. The first-order valence-corrected chi connectivity index (χ1v) is 17.6. The minimum atomic E-state index is -0.0592. The normalized spacial score (nSPS) is 11.2. The first kappa shape index (κ1) is 35.7. The maximum absolute atomic E-state index is 12.4. The van der Waals surface area contributed by atoms with Crippen LogP contribution in [0.4, 0.5) is 0 Å². The number of ether oxygens (including phenoxy) is 1. The van der Waals surface area contributed by atoms with Gasteiger partial charge in [0.15, 0.2) is 0 Å². The Bertz CT molecular complexity index is 653. The van der Waals surface area contributed by atoms with Gasteiger partial charge in [0, 0.05) is 6.42 Å². The maximum atomic E-state index is 12.4. The van der Waals surface area contributed by atoms with Gasteiger partial charge in [-0.2, -0.15) is 0 Å². The number of esters is 1. The zero-order valence-electron chi connectivity index (χ0n) is 26.4. The van der Waals surface area contributed by atoms with Crippen LogP contribution in [0.25, 0.3) is 0 Å². The number of unbranched alkanes of at least 4 members (excludes halogenated alkanes) is 24. The van der Waals surface area contributed by atoms with Crippen molar-refractivity contribution in [2.24, 2.45) is 0 Å². The highest BCUT2D eigenvalue weighted by atomic mass is 16.5. The second-order valence-electron chi connectivity index (χ2n) is 12.1. The summed E-state index contributed by atoms with van der Waals surface area (Å²) in [6.45, 7) is 4.57. The standard InChI is InChI=1S/C37H66O2/c1-3-5-7-9-11-13-15-16-17-18-20-22-24-26-28-34-37(38)39-36-33-30-29-32-35(36)31-27-25-23-21-19-14-12-10-8-6-4-2/h29-30,32-33H,3-28,31,34H2,1-2H3. The van der Waals surface area contributed by atoms with E-state index < -0.39 is 0 Å². The highest BCUT2D eigenvalue weighted by molar-refractivity contribution is 5.72. The van der Waals surface area contributed by atoms with Crippen molar-refractivity contribution >= 4 is 5.97 Å². The fourth-order valence-corrected chi connectivity index (χ4v) is 5.60. The second kappa shape index (κ2) is 28.2. The monoisotopic (exact) mass is 543 g/mol. The van der Waals surface area contributed by atoms with Gasteiger partial charge in [0.05, 0.1) is 0 Å². The van der Waals surface area contributed by atoms with Crippen LogP contribution < -0.4 is 4.74 Å². The molecule has 1 rings (SSSR count). The number of benzene rings is 1. The number of carbonyl (C=O) groups excluding carboxylic acids is 1. The number of para-hydroxylation sites is 1. The third-order valence-electron chi connectivity index (χ3n) is 8.23. The van der Waals surface area contributed by atoms with Crippen molar-refractivity contribution in [2.75, 3.05) is 0 Å². The zero-order valence-corrected chi connectivity index (χ0v) is 26.4. The summed E-state index contributed by atoms with van der Waals surface area (Å²) >= 11 is 0. The van der Waals surface area contributed by atoms with E-state index in [0.29, 0.717) is 6.42 Å². The van der Waals surface area contributed by atoms with E-state index >= 15 is 0 Å². The number of aryl methyl sites for hydroxylation is 1. The summed E-state index contributed by atoms with van der Waals surface area (Å²) in [7, 11) is 0. The average Bonchev–Trinajstić information content (AvgIpc) is 2.94. The van der Waals surface area contributed by atoms with Crippen LogP contribution in [-0.4, -0.2) is 5.97 Å². The van der Waals surface area contributed by atoms with E-state index in [2.05, 4.69) is 26.0 Å². The lowest BCUT2D eigenvalue weighted by molar-refractivity contribution is -0.134. The second-order valence-corrected chi connectivity index (χ2v) is 12.1. The summed E-state index contributed by atoms with van der Waals surface area (Å²) in [5, 5.41) is 0. The SMILES string of the molecule is CCCCCCCCCCCCCCCCCC(=O)Oc1ccccc1CCCCCCCCCCCCC. The van der Waals surface area contributed by atoms with E-state index in [1.54, 1.807) is 0 Å². The van der Waals surface area contributed by atoms with Gasteiger partial charge in [0.1, 0.15) is 5.75 Å². The van der Waals surface area contributed by atoms with Gasteiger partial charge in [0.2, 0.25) is 0 Å². The molecule has 2 heteroatoms. The van der Waals surface area contributed by atoms with Crippen molar-refractivity contribution in [1.29, 1.82) is 0 Å². The van der Waals surface area contributed by atoms with E-state index in [1.165, 1.54) is 160 Å². The molecule has 0 aliphatic carbocycles. The summed E-state index contributed by atoms with van der Waals surface area (Å²) in [6.07, 6.45) is 36.6. The van der Waals surface area contributed by atoms with Gasteiger partial charge in [0.25, 0.3) is 0 Å². The Morgan fingerprint density at radius 1 is 0.487 bits per heavy atom. The van der Waals surface area contributed by atoms with Crippen molar-refractivity contribution in [3.8, 4) is 5.75 Å².